The Morgan fingerprint density at radius 3 is 2.39 bits per heavy atom. The molecule has 0 N–H and O–H groups in total. The van der Waals surface area contributed by atoms with E-state index in [1.807, 2.05) is 23.0 Å². The molecule has 5 aromatic rings. The normalized spacial score (nSPS) is 11.6. The third-order valence-corrected chi connectivity index (χ3v) is 6.13. The summed E-state index contributed by atoms with van der Waals surface area (Å²) in [6.07, 6.45) is 6.82. The van der Waals surface area contributed by atoms with Gasteiger partial charge in [0.25, 0.3) is 0 Å². The van der Waals surface area contributed by atoms with Crippen LogP contribution >= 0.6 is 0 Å². The molecule has 5 nitrogen and oxygen atoms in total. The maximum atomic E-state index is 5.01. The standard InChI is InChI=1S/C26H27N5/c1-16-13-17(2)23(18(3)14-16)24-20(5)29-31-25(24)28-19(4)22-9-12-30(26(22)31)11-8-21-7-6-10-27-15-21/h6-7,9-10,12-15H,8,11H2,1-5H3. The third-order valence-electron chi connectivity index (χ3n) is 6.13. The van der Waals surface area contributed by atoms with Crippen molar-refractivity contribution in [2.45, 2.75) is 47.6 Å². The van der Waals surface area contributed by atoms with Crippen molar-refractivity contribution in [3.63, 3.8) is 0 Å². The molecule has 0 amide bonds. The molecule has 31 heavy (non-hydrogen) atoms. The van der Waals surface area contributed by atoms with Crippen molar-refractivity contribution in [1.82, 2.24) is 24.1 Å². The SMILES string of the molecule is Cc1cc(C)c(-c2c(C)nn3c2nc(C)c2ccn(CCc4cccnc4)c23)c(C)c1. The van der Waals surface area contributed by atoms with Crippen LogP contribution < -0.4 is 0 Å². The second kappa shape index (κ2) is 7.34. The highest BCUT2D eigenvalue weighted by atomic mass is 15.3. The highest BCUT2D eigenvalue weighted by molar-refractivity contribution is 5.89. The fraction of sp³-hybridized carbons (Fsp3) is 0.269. The van der Waals surface area contributed by atoms with Crippen LogP contribution in [0, 0.1) is 34.6 Å². The first-order chi connectivity index (χ1) is 14.9. The molecule has 0 saturated heterocycles. The summed E-state index contributed by atoms with van der Waals surface area (Å²) in [6.45, 7) is 11.6. The molecule has 0 aliphatic carbocycles. The van der Waals surface area contributed by atoms with Crippen molar-refractivity contribution in [3.05, 3.63) is 82.6 Å². The number of pyridine rings is 1. The molecular weight excluding hydrogens is 382 g/mol. The zero-order chi connectivity index (χ0) is 21.7. The van der Waals surface area contributed by atoms with Gasteiger partial charge < -0.3 is 4.57 Å². The van der Waals surface area contributed by atoms with E-state index in [0.29, 0.717) is 0 Å². The van der Waals surface area contributed by atoms with Crippen LogP contribution in [-0.4, -0.2) is 24.1 Å². The van der Waals surface area contributed by atoms with Crippen LogP contribution in [0.25, 0.3) is 27.8 Å². The minimum Gasteiger partial charge on any atom is -0.332 e. The molecule has 156 valence electrons. The Balaban J connectivity index is 1.71. The molecule has 0 bridgehead atoms. The molecule has 0 unspecified atom stereocenters. The number of fused-ring (bicyclic) bond motifs is 3. The van der Waals surface area contributed by atoms with Gasteiger partial charge in [0.2, 0.25) is 0 Å². The Morgan fingerprint density at radius 1 is 0.903 bits per heavy atom. The Kier molecular flexibility index (Phi) is 4.62. The summed E-state index contributed by atoms with van der Waals surface area (Å²) in [5.41, 5.74) is 11.5. The van der Waals surface area contributed by atoms with Gasteiger partial charge in [0.15, 0.2) is 5.65 Å². The molecule has 0 radical (unpaired) electrons. The smallest absolute Gasteiger partial charge is 0.165 e. The molecule has 4 heterocycles. The first-order valence-electron chi connectivity index (χ1n) is 10.8. The van der Waals surface area contributed by atoms with E-state index < -0.39 is 0 Å². The average molecular weight is 410 g/mol. The summed E-state index contributed by atoms with van der Waals surface area (Å²) >= 11 is 0. The maximum Gasteiger partial charge on any atom is 0.165 e. The minimum absolute atomic E-state index is 0.866. The van der Waals surface area contributed by atoms with Gasteiger partial charge in [-0.05, 0) is 75.4 Å². The van der Waals surface area contributed by atoms with E-state index in [1.165, 1.54) is 27.8 Å². The summed E-state index contributed by atoms with van der Waals surface area (Å²) in [5, 5.41) is 6.12. The summed E-state index contributed by atoms with van der Waals surface area (Å²) in [7, 11) is 0. The number of aromatic nitrogens is 5. The van der Waals surface area contributed by atoms with Gasteiger partial charge in [-0.3, -0.25) is 4.98 Å². The Bertz CT molecular complexity index is 1400. The molecule has 4 aromatic heterocycles. The van der Waals surface area contributed by atoms with Gasteiger partial charge in [-0.15, -0.1) is 0 Å². The van der Waals surface area contributed by atoms with Crippen LogP contribution in [0.4, 0.5) is 0 Å². The summed E-state index contributed by atoms with van der Waals surface area (Å²) in [5.74, 6) is 0. The average Bonchev–Trinajstić information content (AvgIpc) is 3.29. The van der Waals surface area contributed by atoms with Crippen molar-refractivity contribution in [1.29, 1.82) is 0 Å². The highest BCUT2D eigenvalue weighted by Gasteiger charge is 2.21. The third kappa shape index (κ3) is 3.21. The lowest BCUT2D eigenvalue weighted by Gasteiger charge is -2.12. The predicted octanol–water partition coefficient (Wildman–Crippen LogP) is 5.53. The van der Waals surface area contributed by atoms with Crippen molar-refractivity contribution in [2.24, 2.45) is 0 Å². The van der Waals surface area contributed by atoms with E-state index >= 15 is 0 Å². The van der Waals surface area contributed by atoms with Crippen LogP contribution in [0.15, 0.2) is 48.9 Å². The van der Waals surface area contributed by atoms with Gasteiger partial charge in [-0.1, -0.05) is 23.8 Å². The van der Waals surface area contributed by atoms with Gasteiger partial charge in [0.05, 0.1) is 17.0 Å². The fourth-order valence-corrected chi connectivity index (χ4v) is 4.81. The molecule has 0 fully saturated rings. The molecule has 0 spiro atoms. The van der Waals surface area contributed by atoms with E-state index in [1.54, 1.807) is 0 Å². The lowest BCUT2D eigenvalue weighted by atomic mass is 9.94. The molecule has 0 saturated carbocycles. The van der Waals surface area contributed by atoms with E-state index in [2.05, 4.69) is 74.6 Å². The van der Waals surface area contributed by atoms with Crippen molar-refractivity contribution < 1.29 is 0 Å². The van der Waals surface area contributed by atoms with E-state index in [0.717, 1.165) is 46.6 Å². The monoisotopic (exact) mass is 409 g/mol. The van der Waals surface area contributed by atoms with Crippen molar-refractivity contribution >= 4 is 16.7 Å². The van der Waals surface area contributed by atoms with E-state index in [-0.39, 0.29) is 0 Å². The summed E-state index contributed by atoms with van der Waals surface area (Å²) in [4.78, 5) is 9.26. The molecule has 0 aliphatic heterocycles. The summed E-state index contributed by atoms with van der Waals surface area (Å²) in [6, 6.07) is 10.8. The Morgan fingerprint density at radius 2 is 1.68 bits per heavy atom. The number of hydrogen-bond acceptors (Lipinski definition) is 3. The Hall–Kier alpha value is -3.47. The zero-order valence-electron chi connectivity index (χ0n) is 18.8. The van der Waals surface area contributed by atoms with Crippen molar-refractivity contribution in [3.8, 4) is 11.1 Å². The first kappa shape index (κ1) is 19.5. The largest absolute Gasteiger partial charge is 0.332 e. The number of rotatable bonds is 4. The lowest BCUT2D eigenvalue weighted by molar-refractivity contribution is 0.703. The fourth-order valence-electron chi connectivity index (χ4n) is 4.81. The molecule has 5 heteroatoms. The summed E-state index contributed by atoms with van der Waals surface area (Å²) < 4.78 is 4.32. The molecule has 5 rings (SSSR count). The van der Waals surface area contributed by atoms with Crippen LogP contribution in [0.3, 0.4) is 0 Å². The van der Waals surface area contributed by atoms with E-state index in [9.17, 15) is 0 Å². The molecular formula is C26H27N5. The van der Waals surface area contributed by atoms with Crippen LogP contribution in [0.2, 0.25) is 0 Å². The number of hydrogen-bond donors (Lipinski definition) is 0. The zero-order valence-corrected chi connectivity index (χ0v) is 18.8. The van der Waals surface area contributed by atoms with Gasteiger partial charge in [0.1, 0.15) is 5.65 Å². The molecule has 0 aliphatic rings. The molecule has 0 atom stereocenters. The maximum absolute atomic E-state index is 5.01. The highest BCUT2D eigenvalue weighted by Crippen LogP contribution is 2.35. The van der Waals surface area contributed by atoms with Gasteiger partial charge in [-0.2, -0.15) is 9.61 Å². The predicted molar refractivity (Wildman–Crippen MR) is 126 cm³/mol. The first-order valence-corrected chi connectivity index (χ1v) is 10.8. The quantitative estimate of drug-likeness (QED) is 0.392. The number of nitrogens with zero attached hydrogens (tertiary/aromatic N) is 5. The van der Waals surface area contributed by atoms with Gasteiger partial charge in [0, 0.05) is 30.5 Å². The molecule has 1 aromatic carbocycles. The topological polar surface area (TPSA) is 48.0 Å². The second-order valence-electron chi connectivity index (χ2n) is 8.52. The van der Waals surface area contributed by atoms with Crippen molar-refractivity contribution in [2.75, 3.05) is 0 Å². The van der Waals surface area contributed by atoms with Crippen LogP contribution in [0.1, 0.15) is 33.6 Å². The Labute approximate surface area is 182 Å². The number of aryl methyl sites for hydroxylation is 7. The lowest BCUT2D eigenvalue weighted by Crippen LogP contribution is -2.05. The van der Waals surface area contributed by atoms with E-state index in [4.69, 9.17) is 10.1 Å². The number of benzene rings is 1. The van der Waals surface area contributed by atoms with Gasteiger partial charge >= 0.3 is 0 Å². The minimum atomic E-state index is 0.866. The van der Waals surface area contributed by atoms with Gasteiger partial charge in [-0.25, -0.2) is 4.98 Å². The second-order valence-corrected chi connectivity index (χ2v) is 8.52. The van der Waals surface area contributed by atoms with Crippen LogP contribution in [-0.2, 0) is 13.0 Å². The van der Waals surface area contributed by atoms with Crippen LogP contribution in [0.5, 0.6) is 0 Å².